The van der Waals surface area contributed by atoms with Gasteiger partial charge >= 0.3 is 0 Å². The molecule has 6 aromatic rings. The molecule has 0 aliphatic carbocycles. The predicted octanol–water partition coefficient (Wildman–Crippen LogP) is 10.5. The summed E-state index contributed by atoms with van der Waals surface area (Å²) in [5.41, 5.74) is 10.8. The minimum Gasteiger partial charge on any atom is -0.439 e. The Morgan fingerprint density at radius 3 is 1.60 bits per heavy atom. The van der Waals surface area contributed by atoms with Crippen molar-refractivity contribution in [2.45, 2.75) is 59.2 Å². The Kier molecular flexibility index (Phi) is 13.1. The molecule has 0 amide bonds. The molecule has 0 saturated carbocycles. The second-order valence-electron chi connectivity index (χ2n) is 12.8. The third-order valence-corrected chi connectivity index (χ3v) is 8.16. The SMILES string of the molecule is C1CCOC1.CCn1nc(-c2cccc(C(C)(C)N)c2)cc1Oc1ccc(F)cc1.[C-]#[N+]c1cccc(-c2cc(Oc3ccc(F)cc3)n(CC)n2)c1. The van der Waals surface area contributed by atoms with Crippen molar-refractivity contribution in [1.29, 1.82) is 0 Å². The van der Waals surface area contributed by atoms with Gasteiger partial charge in [0.1, 0.15) is 23.1 Å². The standard InChI is InChI=1S/C20H22FN3O.C18H14FN3O.C4H8O/c1-4-24-19(25-17-10-8-16(21)9-11-17)13-18(23-24)14-6-5-7-15(12-14)20(2,3)22;1-3-22-18(23-16-9-7-14(19)8-10-16)12-17(21-22)13-5-4-6-15(11-13)20-2;1-2-4-5-3-1/h5-13H,4,22H2,1-3H3;4-12H,3H2,1H3;1-4H2. The fourth-order valence-electron chi connectivity index (χ4n) is 5.27. The number of nitrogens with zero attached hydrogens (tertiary/aromatic N) is 5. The second kappa shape index (κ2) is 18.1. The third kappa shape index (κ3) is 10.8. The van der Waals surface area contributed by atoms with Crippen LogP contribution in [0.3, 0.4) is 0 Å². The van der Waals surface area contributed by atoms with E-state index in [2.05, 4.69) is 15.0 Å². The lowest BCUT2D eigenvalue weighted by molar-refractivity contribution is 0.198. The number of aryl methyl sites for hydroxylation is 2. The van der Waals surface area contributed by atoms with Crippen LogP contribution in [-0.4, -0.2) is 32.8 Å². The van der Waals surface area contributed by atoms with Crippen LogP contribution in [0.4, 0.5) is 14.5 Å². The van der Waals surface area contributed by atoms with Crippen molar-refractivity contribution in [1.82, 2.24) is 19.6 Å². The molecule has 2 N–H and O–H groups in total. The zero-order chi connectivity index (χ0) is 37.8. The monoisotopic (exact) mass is 718 g/mol. The lowest BCUT2D eigenvalue weighted by atomic mass is 9.93. The average molecular weight is 719 g/mol. The number of benzene rings is 4. The number of rotatable bonds is 9. The Balaban J connectivity index is 0.000000181. The number of nitrogens with two attached hydrogens (primary N) is 1. The second-order valence-corrected chi connectivity index (χ2v) is 12.8. The predicted molar refractivity (Wildman–Crippen MR) is 203 cm³/mol. The van der Waals surface area contributed by atoms with Gasteiger partial charge in [0.15, 0.2) is 5.69 Å². The maximum absolute atomic E-state index is 13.0. The summed E-state index contributed by atoms with van der Waals surface area (Å²) in [6.45, 7) is 18.3. The fourth-order valence-corrected chi connectivity index (χ4v) is 5.27. The molecular weight excluding hydrogens is 674 g/mol. The molecule has 0 atom stereocenters. The molecule has 274 valence electrons. The summed E-state index contributed by atoms with van der Waals surface area (Å²) in [6, 6.07) is 30.8. The van der Waals surface area contributed by atoms with Crippen LogP contribution in [0.25, 0.3) is 27.4 Å². The van der Waals surface area contributed by atoms with Gasteiger partial charge in [0.05, 0.1) is 18.0 Å². The van der Waals surface area contributed by atoms with E-state index in [1.165, 1.54) is 37.1 Å². The van der Waals surface area contributed by atoms with Crippen molar-refractivity contribution in [3.05, 3.63) is 138 Å². The molecule has 11 heteroatoms. The summed E-state index contributed by atoms with van der Waals surface area (Å²) in [7, 11) is 0. The minimum atomic E-state index is -0.420. The smallest absolute Gasteiger partial charge is 0.218 e. The van der Waals surface area contributed by atoms with Gasteiger partial charge in [-0.2, -0.15) is 10.2 Å². The number of aromatic nitrogens is 4. The van der Waals surface area contributed by atoms with Gasteiger partial charge < -0.3 is 19.9 Å². The van der Waals surface area contributed by atoms with Crippen molar-refractivity contribution in [2.75, 3.05) is 13.2 Å². The Morgan fingerprint density at radius 1 is 0.717 bits per heavy atom. The Hall–Kier alpha value is -5.83. The van der Waals surface area contributed by atoms with E-state index in [0.717, 1.165) is 41.3 Å². The molecule has 2 aromatic heterocycles. The summed E-state index contributed by atoms with van der Waals surface area (Å²) >= 11 is 0. The van der Waals surface area contributed by atoms with Crippen LogP contribution < -0.4 is 15.2 Å². The Morgan fingerprint density at radius 2 is 1.19 bits per heavy atom. The van der Waals surface area contributed by atoms with Crippen LogP contribution in [0.5, 0.6) is 23.3 Å². The van der Waals surface area contributed by atoms with E-state index in [4.69, 9.17) is 26.5 Å². The van der Waals surface area contributed by atoms with Crippen LogP contribution in [0.2, 0.25) is 0 Å². The normalized spacial score (nSPS) is 12.2. The maximum Gasteiger partial charge on any atom is 0.218 e. The van der Waals surface area contributed by atoms with Crippen molar-refractivity contribution in [3.63, 3.8) is 0 Å². The summed E-state index contributed by atoms with van der Waals surface area (Å²) in [6.07, 6.45) is 2.56. The van der Waals surface area contributed by atoms with Gasteiger partial charge in [0, 0.05) is 49.5 Å². The van der Waals surface area contributed by atoms with Crippen LogP contribution >= 0.6 is 0 Å². The molecule has 0 radical (unpaired) electrons. The Bertz CT molecular complexity index is 2100. The van der Waals surface area contributed by atoms with Crippen molar-refractivity contribution in [3.8, 4) is 45.8 Å². The molecule has 1 aliphatic rings. The first-order chi connectivity index (χ1) is 25.6. The molecule has 0 spiro atoms. The molecule has 53 heavy (non-hydrogen) atoms. The van der Waals surface area contributed by atoms with Crippen molar-refractivity contribution >= 4 is 5.69 Å². The summed E-state index contributed by atoms with van der Waals surface area (Å²) in [4.78, 5) is 3.43. The summed E-state index contributed by atoms with van der Waals surface area (Å²) in [5.74, 6) is 1.70. The number of hydrogen-bond donors (Lipinski definition) is 1. The first-order valence-corrected chi connectivity index (χ1v) is 17.5. The van der Waals surface area contributed by atoms with E-state index in [1.807, 2.05) is 76.2 Å². The highest BCUT2D eigenvalue weighted by Crippen LogP contribution is 2.31. The van der Waals surface area contributed by atoms with Gasteiger partial charge in [0.2, 0.25) is 11.8 Å². The molecule has 7 rings (SSSR count). The molecule has 0 bridgehead atoms. The van der Waals surface area contributed by atoms with E-state index < -0.39 is 5.54 Å². The van der Waals surface area contributed by atoms with Gasteiger partial charge in [-0.3, -0.25) is 0 Å². The summed E-state index contributed by atoms with van der Waals surface area (Å²) in [5, 5.41) is 9.12. The first kappa shape index (κ1) is 38.4. The van der Waals surface area contributed by atoms with E-state index in [0.29, 0.717) is 42.0 Å². The zero-order valence-electron chi connectivity index (χ0n) is 30.4. The Labute approximate surface area is 309 Å². The lowest BCUT2D eigenvalue weighted by Crippen LogP contribution is -2.28. The highest BCUT2D eigenvalue weighted by Gasteiger charge is 2.17. The fraction of sp³-hybridized carbons (Fsp3) is 0.262. The quantitative estimate of drug-likeness (QED) is 0.150. The number of hydrogen-bond acceptors (Lipinski definition) is 6. The minimum absolute atomic E-state index is 0.293. The highest BCUT2D eigenvalue weighted by atomic mass is 19.1. The van der Waals surface area contributed by atoms with Gasteiger partial charge in [-0.1, -0.05) is 36.4 Å². The van der Waals surface area contributed by atoms with Gasteiger partial charge in [-0.05, 0) is 112 Å². The van der Waals surface area contributed by atoms with E-state index in [-0.39, 0.29) is 11.6 Å². The topological polar surface area (TPSA) is 93.7 Å². The zero-order valence-corrected chi connectivity index (χ0v) is 30.4. The number of halogens is 2. The van der Waals surface area contributed by atoms with Crippen LogP contribution in [0.15, 0.2) is 109 Å². The van der Waals surface area contributed by atoms with E-state index >= 15 is 0 Å². The third-order valence-electron chi connectivity index (χ3n) is 8.16. The molecule has 1 fully saturated rings. The molecule has 3 heterocycles. The van der Waals surface area contributed by atoms with E-state index in [9.17, 15) is 8.78 Å². The van der Waals surface area contributed by atoms with Gasteiger partial charge in [0.25, 0.3) is 0 Å². The molecule has 1 saturated heterocycles. The largest absolute Gasteiger partial charge is 0.439 e. The van der Waals surface area contributed by atoms with Gasteiger partial charge in [-0.25, -0.2) is 23.0 Å². The molecule has 1 aliphatic heterocycles. The molecule has 4 aromatic carbocycles. The van der Waals surface area contributed by atoms with Crippen LogP contribution in [0.1, 0.15) is 46.1 Å². The van der Waals surface area contributed by atoms with E-state index in [1.54, 1.807) is 45.8 Å². The van der Waals surface area contributed by atoms with Crippen LogP contribution in [-0.2, 0) is 23.4 Å². The highest BCUT2D eigenvalue weighted by molar-refractivity contribution is 5.66. The van der Waals surface area contributed by atoms with Crippen LogP contribution in [0, 0.1) is 18.2 Å². The van der Waals surface area contributed by atoms with Crippen molar-refractivity contribution < 1.29 is 23.0 Å². The van der Waals surface area contributed by atoms with Crippen molar-refractivity contribution in [2.24, 2.45) is 5.73 Å². The first-order valence-electron chi connectivity index (χ1n) is 17.5. The lowest BCUT2D eigenvalue weighted by Gasteiger charge is -2.19. The maximum atomic E-state index is 13.0. The number of ether oxygens (including phenoxy) is 3. The average Bonchev–Trinajstić information content (AvgIpc) is 3.97. The molecule has 9 nitrogen and oxygen atoms in total. The molecular formula is C42H44F2N6O3. The molecule has 0 unspecified atom stereocenters. The summed E-state index contributed by atoms with van der Waals surface area (Å²) < 4.78 is 46.1. The van der Waals surface area contributed by atoms with Gasteiger partial charge in [-0.15, -0.1) is 0 Å².